The predicted molar refractivity (Wildman–Crippen MR) is 73.7 cm³/mol. The van der Waals surface area contributed by atoms with Gasteiger partial charge >= 0.3 is 0 Å². The van der Waals surface area contributed by atoms with E-state index in [-0.39, 0.29) is 23.3 Å². The number of anilines is 1. The van der Waals surface area contributed by atoms with Gasteiger partial charge < -0.3 is 5.32 Å². The van der Waals surface area contributed by atoms with E-state index in [9.17, 15) is 14.9 Å². The van der Waals surface area contributed by atoms with E-state index in [2.05, 4.69) is 26.6 Å². The molecule has 1 unspecified atom stereocenters. The van der Waals surface area contributed by atoms with Crippen LogP contribution in [0.15, 0.2) is 22.7 Å². The Labute approximate surface area is 116 Å². The van der Waals surface area contributed by atoms with Crippen molar-refractivity contribution in [3.63, 3.8) is 0 Å². The van der Waals surface area contributed by atoms with E-state index in [4.69, 9.17) is 0 Å². The summed E-state index contributed by atoms with van der Waals surface area (Å²) in [5.41, 5.74) is 0.0928. The molecule has 1 aromatic carbocycles. The lowest BCUT2D eigenvalue weighted by Crippen LogP contribution is -2.37. The van der Waals surface area contributed by atoms with Crippen molar-refractivity contribution >= 4 is 45.0 Å². The van der Waals surface area contributed by atoms with Gasteiger partial charge in [-0.25, -0.2) is 0 Å². The molecule has 0 radical (unpaired) electrons. The fraction of sp³-hybridized carbons (Fsp3) is 0.300. The third-order valence-corrected chi connectivity index (χ3v) is 3.88. The van der Waals surface area contributed by atoms with Gasteiger partial charge in [0, 0.05) is 22.2 Å². The lowest BCUT2D eigenvalue weighted by atomic mass is 10.2. The van der Waals surface area contributed by atoms with E-state index in [1.807, 2.05) is 0 Å². The molecular formula is C10H10BrN3O3S. The number of carbonyl (C=O) groups is 1. The number of halogens is 1. The molecule has 1 fully saturated rings. The number of nitrogens with zero attached hydrogens (tertiary/aromatic N) is 1. The molecule has 0 spiro atoms. The molecule has 1 atom stereocenters. The highest BCUT2D eigenvalue weighted by atomic mass is 79.9. The number of thioether (sulfide) groups is 1. The molecule has 0 saturated carbocycles. The Hall–Kier alpha value is -1.12. The Morgan fingerprint density at radius 1 is 1.61 bits per heavy atom. The van der Waals surface area contributed by atoms with Gasteiger partial charge in [-0.3, -0.25) is 20.2 Å². The summed E-state index contributed by atoms with van der Waals surface area (Å²) in [4.78, 5) is 22.2. The van der Waals surface area contributed by atoms with E-state index in [1.165, 1.54) is 12.1 Å². The highest BCUT2D eigenvalue weighted by Gasteiger charge is 2.24. The minimum atomic E-state index is -0.517. The molecule has 1 amide bonds. The normalized spacial score (nSPS) is 18.6. The van der Waals surface area contributed by atoms with E-state index >= 15 is 0 Å². The first-order chi connectivity index (χ1) is 8.58. The maximum absolute atomic E-state index is 11.9. The number of nitro benzene ring substituents is 1. The Morgan fingerprint density at radius 3 is 3.00 bits per heavy atom. The fourth-order valence-corrected chi connectivity index (χ4v) is 2.84. The summed E-state index contributed by atoms with van der Waals surface area (Å²) in [5, 5.41) is 16.5. The van der Waals surface area contributed by atoms with Gasteiger partial charge in [-0.15, -0.1) is 11.8 Å². The Morgan fingerprint density at radius 2 is 2.39 bits per heavy atom. The van der Waals surface area contributed by atoms with E-state index in [1.54, 1.807) is 17.8 Å². The largest absolute Gasteiger partial charge is 0.319 e. The van der Waals surface area contributed by atoms with Crippen molar-refractivity contribution in [1.82, 2.24) is 5.32 Å². The molecule has 0 aliphatic carbocycles. The predicted octanol–water partition coefficient (Wildman–Crippen LogP) is 1.96. The van der Waals surface area contributed by atoms with E-state index < -0.39 is 4.92 Å². The molecule has 2 rings (SSSR count). The summed E-state index contributed by atoms with van der Waals surface area (Å²) in [5.74, 6) is 1.15. The molecule has 2 N–H and O–H groups in total. The first-order valence-corrected chi connectivity index (χ1v) is 7.08. The summed E-state index contributed by atoms with van der Waals surface area (Å²) in [6.45, 7) is 0. The van der Waals surface area contributed by atoms with Gasteiger partial charge in [0.05, 0.1) is 11.0 Å². The topological polar surface area (TPSA) is 84.3 Å². The number of nitro groups is 1. The van der Waals surface area contributed by atoms with Gasteiger partial charge in [0.2, 0.25) is 5.91 Å². The number of rotatable bonds is 3. The average molecular weight is 332 g/mol. The van der Waals surface area contributed by atoms with Crippen LogP contribution in [0, 0.1) is 10.1 Å². The standard InChI is InChI=1S/C10H10BrN3O3S/c11-6-1-2-7(9(3-6)14(16)17)13-10(15)8-4-18-5-12-8/h1-3,8,12H,4-5H2,(H,13,15). The summed E-state index contributed by atoms with van der Waals surface area (Å²) in [6, 6.07) is 4.24. The molecule has 1 aliphatic rings. The quantitative estimate of drug-likeness (QED) is 0.653. The maximum Gasteiger partial charge on any atom is 0.293 e. The van der Waals surface area contributed by atoms with Gasteiger partial charge in [0.15, 0.2) is 0 Å². The van der Waals surface area contributed by atoms with Crippen LogP contribution in [0.5, 0.6) is 0 Å². The molecule has 96 valence electrons. The van der Waals surface area contributed by atoms with Crippen LogP contribution in [0.1, 0.15) is 0 Å². The summed E-state index contributed by atoms with van der Waals surface area (Å²) in [6.07, 6.45) is 0. The van der Waals surface area contributed by atoms with Crippen molar-refractivity contribution in [2.45, 2.75) is 6.04 Å². The Balaban J connectivity index is 2.17. The molecular weight excluding hydrogens is 322 g/mol. The van der Waals surface area contributed by atoms with Gasteiger partial charge in [-0.2, -0.15) is 0 Å². The number of hydrogen-bond donors (Lipinski definition) is 2. The molecule has 1 saturated heterocycles. The summed E-state index contributed by atoms with van der Waals surface area (Å²) < 4.78 is 0.599. The highest BCUT2D eigenvalue weighted by Crippen LogP contribution is 2.28. The SMILES string of the molecule is O=C(Nc1ccc(Br)cc1[N+](=O)[O-])C1CSCN1. The van der Waals surface area contributed by atoms with E-state index in [0.717, 1.165) is 5.88 Å². The summed E-state index contributed by atoms with van der Waals surface area (Å²) >= 11 is 4.78. The van der Waals surface area contributed by atoms with Crippen LogP contribution < -0.4 is 10.6 Å². The van der Waals surface area contributed by atoms with Crippen LogP contribution in [-0.4, -0.2) is 28.5 Å². The molecule has 8 heteroatoms. The number of amides is 1. The zero-order chi connectivity index (χ0) is 13.1. The third-order valence-electron chi connectivity index (χ3n) is 2.45. The number of hydrogen-bond acceptors (Lipinski definition) is 5. The van der Waals surface area contributed by atoms with E-state index in [0.29, 0.717) is 10.2 Å². The van der Waals surface area contributed by atoms with Crippen LogP contribution in [0.25, 0.3) is 0 Å². The molecule has 6 nitrogen and oxygen atoms in total. The van der Waals surface area contributed by atoms with Crippen molar-refractivity contribution in [2.75, 3.05) is 16.9 Å². The van der Waals surface area contributed by atoms with Crippen molar-refractivity contribution in [2.24, 2.45) is 0 Å². The monoisotopic (exact) mass is 331 g/mol. The van der Waals surface area contributed by atoms with Gasteiger partial charge in [-0.1, -0.05) is 15.9 Å². The van der Waals surface area contributed by atoms with Crippen LogP contribution in [0.3, 0.4) is 0 Å². The number of benzene rings is 1. The van der Waals surface area contributed by atoms with Crippen LogP contribution in [-0.2, 0) is 4.79 Å². The second-order valence-corrected chi connectivity index (χ2v) is 5.63. The van der Waals surface area contributed by atoms with Crippen molar-refractivity contribution in [3.05, 3.63) is 32.8 Å². The lowest BCUT2D eigenvalue weighted by molar-refractivity contribution is -0.384. The smallest absolute Gasteiger partial charge is 0.293 e. The second kappa shape index (κ2) is 5.68. The van der Waals surface area contributed by atoms with Crippen LogP contribution in [0.4, 0.5) is 11.4 Å². The van der Waals surface area contributed by atoms with Gasteiger partial charge in [-0.05, 0) is 12.1 Å². The molecule has 0 bridgehead atoms. The van der Waals surface area contributed by atoms with Crippen molar-refractivity contribution < 1.29 is 9.72 Å². The molecule has 1 heterocycles. The summed E-state index contributed by atoms with van der Waals surface area (Å²) in [7, 11) is 0. The van der Waals surface area contributed by atoms with Crippen LogP contribution in [0.2, 0.25) is 0 Å². The number of nitrogens with one attached hydrogen (secondary N) is 2. The highest BCUT2D eigenvalue weighted by molar-refractivity contribution is 9.10. The Bertz CT molecular complexity index is 491. The van der Waals surface area contributed by atoms with Gasteiger partial charge in [0.25, 0.3) is 5.69 Å². The first-order valence-electron chi connectivity index (χ1n) is 5.14. The van der Waals surface area contributed by atoms with Crippen molar-refractivity contribution in [3.8, 4) is 0 Å². The second-order valence-electron chi connectivity index (χ2n) is 3.68. The number of carbonyl (C=O) groups excluding carboxylic acids is 1. The molecule has 18 heavy (non-hydrogen) atoms. The fourth-order valence-electron chi connectivity index (χ4n) is 1.55. The Kier molecular flexibility index (Phi) is 4.20. The zero-order valence-electron chi connectivity index (χ0n) is 9.18. The minimum absolute atomic E-state index is 0.122. The first kappa shape index (κ1) is 13.3. The third kappa shape index (κ3) is 3.01. The van der Waals surface area contributed by atoms with Crippen molar-refractivity contribution in [1.29, 1.82) is 0 Å². The lowest BCUT2D eigenvalue weighted by Gasteiger charge is -2.10. The maximum atomic E-state index is 11.9. The zero-order valence-corrected chi connectivity index (χ0v) is 11.6. The average Bonchev–Trinajstić information content (AvgIpc) is 2.84. The molecule has 1 aliphatic heterocycles. The van der Waals surface area contributed by atoms with Gasteiger partial charge in [0.1, 0.15) is 5.69 Å². The minimum Gasteiger partial charge on any atom is -0.319 e. The van der Waals surface area contributed by atoms with Crippen LogP contribution >= 0.6 is 27.7 Å². The molecule has 1 aromatic rings. The molecule has 0 aromatic heterocycles.